The van der Waals surface area contributed by atoms with Crippen molar-refractivity contribution in [3.63, 3.8) is 0 Å². The number of alkyl halides is 1. The predicted octanol–water partition coefficient (Wildman–Crippen LogP) is 0.612. The van der Waals surface area contributed by atoms with Crippen LogP contribution in [0.5, 0.6) is 0 Å². The van der Waals surface area contributed by atoms with Crippen molar-refractivity contribution in [3.05, 3.63) is 11.9 Å². The lowest BCUT2D eigenvalue weighted by Crippen LogP contribution is -2.02. The third-order valence-corrected chi connectivity index (χ3v) is 1.50. The molecule has 1 rings (SSSR count). The van der Waals surface area contributed by atoms with E-state index in [1.807, 2.05) is 0 Å². The van der Waals surface area contributed by atoms with Crippen LogP contribution in [0.2, 0.25) is 0 Å². The van der Waals surface area contributed by atoms with Crippen molar-refractivity contribution >= 4 is 5.97 Å². The molecule has 0 aliphatic rings. The average molecular weight is 187 g/mol. The number of aryl methyl sites for hydroxylation is 1. The Hall–Kier alpha value is -1.46. The number of aromatic nitrogens is 3. The monoisotopic (exact) mass is 187 g/mol. The number of nitrogens with zero attached hydrogens (tertiary/aromatic N) is 3. The SMILES string of the molecule is O=C(O)CCCn1cc(CF)nn1. The van der Waals surface area contributed by atoms with Crippen LogP contribution in [0.1, 0.15) is 18.5 Å². The third-order valence-electron chi connectivity index (χ3n) is 1.50. The van der Waals surface area contributed by atoms with Crippen molar-refractivity contribution in [1.29, 1.82) is 0 Å². The summed E-state index contributed by atoms with van der Waals surface area (Å²) in [6, 6.07) is 0. The van der Waals surface area contributed by atoms with Crippen LogP contribution >= 0.6 is 0 Å². The summed E-state index contributed by atoms with van der Waals surface area (Å²) in [5, 5.41) is 15.5. The summed E-state index contributed by atoms with van der Waals surface area (Å²) in [4.78, 5) is 10.1. The van der Waals surface area contributed by atoms with Crippen LogP contribution < -0.4 is 0 Å². The number of carboxylic acids is 1. The Morgan fingerprint density at radius 1 is 1.69 bits per heavy atom. The van der Waals surface area contributed by atoms with E-state index in [1.165, 1.54) is 10.9 Å². The Kier molecular flexibility index (Phi) is 3.36. The maximum absolute atomic E-state index is 12.0. The van der Waals surface area contributed by atoms with Crippen LogP contribution in [0.25, 0.3) is 0 Å². The maximum Gasteiger partial charge on any atom is 0.303 e. The molecule has 0 radical (unpaired) electrons. The zero-order chi connectivity index (χ0) is 9.68. The van der Waals surface area contributed by atoms with E-state index in [2.05, 4.69) is 10.3 Å². The molecule has 0 aliphatic heterocycles. The van der Waals surface area contributed by atoms with Crippen molar-refractivity contribution < 1.29 is 14.3 Å². The summed E-state index contributed by atoms with van der Waals surface area (Å²) in [6.45, 7) is -0.182. The van der Waals surface area contributed by atoms with Gasteiger partial charge in [0.05, 0.1) is 6.20 Å². The van der Waals surface area contributed by atoms with E-state index in [9.17, 15) is 9.18 Å². The van der Waals surface area contributed by atoms with Gasteiger partial charge in [-0.1, -0.05) is 5.21 Å². The van der Waals surface area contributed by atoms with Crippen molar-refractivity contribution in [3.8, 4) is 0 Å². The van der Waals surface area contributed by atoms with Gasteiger partial charge in [-0.15, -0.1) is 5.10 Å². The molecule has 72 valence electrons. The van der Waals surface area contributed by atoms with Crippen LogP contribution in [0.15, 0.2) is 6.20 Å². The molecule has 0 saturated heterocycles. The topological polar surface area (TPSA) is 68.0 Å². The summed E-state index contributed by atoms with van der Waals surface area (Å²) in [5.41, 5.74) is 0.273. The summed E-state index contributed by atoms with van der Waals surface area (Å²) in [6.07, 6.45) is 2.04. The molecular weight excluding hydrogens is 177 g/mol. The molecule has 1 heterocycles. The predicted molar refractivity (Wildman–Crippen MR) is 41.7 cm³/mol. The van der Waals surface area contributed by atoms with Crippen molar-refractivity contribution in [2.75, 3.05) is 0 Å². The molecule has 0 aliphatic carbocycles. The van der Waals surface area contributed by atoms with Crippen LogP contribution in [0.3, 0.4) is 0 Å². The summed E-state index contributed by atoms with van der Waals surface area (Å²) in [5.74, 6) is -0.842. The highest BCUT2D eigenvalue weighted by atomic mass is 19.1. The van der Waals surface area contributed by atoms with E-state index in [0.29, 0.717) is 13.0 Å². The Labute approximate surface area is 74.2 Å². The quantitative estimate of drug-likeness (QED) is 0.733. The van der Waals surface area contributed by atoms with Gasteiger partial charge in [-0.25, -0.2) is 4.39 Å². The van der Waals surface area contributed by atoms with Gasteiger partial charge in [0.15, 0.2) is 0 Å². The van der Waals surface area contributed by atoms with Crippen molar-refractivity contribution in [2.45, 2.75) is 26.1 Å². The number of aliphatic carboxylic acids is 1. The first-order valence-electron chi connectivity index (χ1n) is 3.89. The molecule has 0 aromatic carbocycles. The summed E-state index contributed by atoms with van der Waals surface area (Å²) < 4.78 is 13.4. The smallest absolute Gasteiger partial charge is 0.303 e. The van der Waals surface area contributed by atoms with E-state index in [-0.39, 0.29) is 12.1 Å². The van der Waals surface area contributed by atoms with E-state index in [1.54, 1.807) is 0 Å². The van der Waals surface area contributed by atoms with Gasteiger partial charge in [0.25, 0.3) is 0 Å². The molecule has 0 saturated carbocycles. The van der Waals surface area contributed by atoms with Gasteiger partial charge < -0.3 is 5.11 Å². The minimum Gasteiger partial charge on any atom is -0.481 e. The highest BCUT2D eigenvalue weighted by molar-refractivity contribution is 5.66. The first kappa shape index (κ1) is 9.63. The molecule has 1 aromatic heterocycles. The molecule has 5 nitrogen and oxygen atoms in total. The van der Waals surface area contributed by atoms with Gasteiger partial charge in [0, 0.05) is 13.0 Å². The van der Waals surface area contributed by atoms with E-state index >= 15 is 0 Å². The summed E-state index contributed by atoms with van der Waals surface area (Å²) in [7, 11) is 0. The van der Waals surface area contributed by atoms with Crippen LogP contribution in [0.4, 0.5) is 4.39 Å². The number of hydrogen-bond donors (Lipinski definition) is 1. The van der Waals surface area contributed by atoms with Gasteiger partial charge in [0.2, 0.25) is 0 Å². The number of hydrogen-bond acceptors (Lipinski definition) is 3. The molecule has 0 fully saturated rings. The summed E-state index contributed by atoms with van der Waals surface area (Å²) >= 11 is 0. The fraction of sp³-hybridized carbons (Fsp3) is 0.571. The van der Waals surface area contributed by atoms with Crippen LogP contribution in [-0.2, 0) is 18.0 Å². The van der Waals surface area contributed by atoms with Crippen molar-refractivity contribution in [1.82, 2.24) is 15.0 Å². The standard InChI is InChI=1S/C7H10FN3O2/c8-4-6-5-11(10-9-6)3-1-2-7(12)13/h5H,1-4H2,(H,12,13). The first-order valence-corrected chi connectivity index (χ1v) is 3.89. The molecule has 0 atom stereocenters. The molecule has 6 heteroatoms. The normalized spacial score (nSPS) is 10.2. The second-order valence-electron chi connectivity index (χ2n) is 2.60. The molecule has 13 heavy (non-hydrogen) atoms. The largest absolute Gasteiger partial charge is 0.481 e. The Balaban J connectivity index is 2.32. The van der Waals surface area contributed by atoms with E-state index in [0.717, 1.165) is 0 Å². The van der Waals surface area contributed by atoms with E-state index < -0.39 is 12.6 Å². The molecule has 0 bridgehead atoms. The number of carbonyl (C=O) groups is 1. The zero-order valence-corrected chi connectivity index (χ0v) is 6.98. The Morgan fingerprint density at radius 3 is 3.00 bits per heavy atom. The Morgan fingerprint density at radius 2 is 2.46 bits per heavy atom. The molecule has 1 aromatic rings. The zero-order valence-electron chi connectivity index (χ0n) is 6.98. The highest BCUT2D eigenvalue weighted by Gasteiger charge is 2.01. The second-order valence-corrected chi connectivity index (χ2v) is 2.60. The lowest BCUT2D eigenvalue weighted by Gasteiger charge is -1.96. The fourth-order valence-electron chi connectivity index (χ4n) is 0.901. The minimum absolute atomic E-state index is 0.0881. The molecule has 1 N–H and O–H groups in total. The molecule has 0 amide bonds. The highest BCUT2D eigenvalue weighted by Crippen LogP contribution is 1.98. The molecular formula is C7H10FN3O2. The molecule has 0 unspecified atom stereocenters. The van der Waals surface area contributed by atoms with Gasteiger partial charge in [-0.2, -0.15) is 0 Å². The van der Waals surface area contributed by atoms with Gasteiger partial charge in [-0.05, 0) is 6.42 Å². The van der Waals surface area contributed by atoms with E-state index in [4.69, 9.17) is 5.11 Å². The van der Waals surface area contributed by atoms with Gasteiger partial charge in [-0.3, -0.25) is 9.48 Å². The molecule has 0 spiro atoms. The third kappa shape index (κ3) is 3.18. The number of halogens is 1. The van der Waals surface area contributed by atoms with Gasteiger partial charge >= 0.3 is 5.97 Å². The Bertz CT molecular complexity index is 287. The fourth-order valence-corrected chi connectivity index (χ4v) is 0.901. The number of rotatable bonds is 5. The van der Waals surface area contributed by atoms with Crippen LogP contribution in [-0.4, -0.2) is 26.1 Å². The van der Waals surface area contributed by atoms with Crippen LogP contribution in [0, 0.1) is 0 Å². The second kappa shape index (κ2) is 4.54. The minimum atomic E-state index is -0.842. The average Bonchev–Trinajstić information content (AvgIpc) is 2.52. The lowest BCUT2D eigenvalue weighted by atomic mass is 10.3. The number of carboxylic acid groups (broad SMARTS) is 1. The van der Waals surface area contributed by atoms with Crippen molar-refractivity contribution in [2.24, 2.45) is 0 Å². The maximum atomic E-state index is 12.0. The first-order chi connectivity index (χ1) is 6.22. The van der Waals surface area contributed by atoms with Gasteiger partial charge in [0.1, 0.15) is 12.4 Å². The lowest BCUT2D eigenvalue weighted by molar-refractivity contribution is -0.137.